The molecule has 0 bridgehead atoms. The molecule has 0 fully saturated rings. The van der Waals surface area contributed by atoms with Gasteiger partial charge in [-0.15, -0.1) is 0 Å². The van der Waals surface area contributed by atoms with Gasteiger partial charge in [-0.1, -0.05) is 50.2 Å². The topological polar surface area (TPSA) is 55.1 Å². The van der Waals surface area contributed by atoms with Gasteiger partial charge in [0.05, 0.1) is 6.42 Å². The third-order valence-corrected chi connectivity index (χ3v) is 3.48. The van der Waals surface area contributed by atoms with Crippen LogP contribution in [0.25, 0.3) is 0 Å². The lowest BCUT2D eigenvalue weighted by molar-refractivity contribution is -0.117. The molecule has 0 aliphatic rings. The van der Waals surface area contributed by atoms with Gasteiger partial charge >= 0.3 is 0 Å². The van der Waals surface area contributed by atoms with Gasteiger partial charge in [-0.25, -0.2) is 0 Å². The number of para-hydroxylation sites is 1. The zero-order chi connectivity index (χ0) is 16.5. The average Bonchev–Trinajstić information content (AvgIpc) is 2.50. The zero-order valence-corrected chi connectivity index (χ0v) is 13.9. The van der Waals surface area contributed by atoms with Gasteiger partial charge in [0.15, 0.2) is 0 Å². The average molecular weight is 298 g/mol. The van der Waals surface area contributed by atoms with E-state index in [0.29, 0.717) is 12.3 Å². The predicted molar refractivity (Wildman–Crippen MR) is 94.2 cm³/mol. The van der Waals surface area contributed by atoms with Crippen molar-refractivity contribution in [3.63, 3.8) is 0 Å². The molecule has 0 unspecified atom stereocenters. The van der Waals surface area contributed by atoms with Crippen LogP contribution in [0.4, 0.5) is 5.69 Å². The Bertz CT molecular complexity index is 592. The first-order valence-electron chi connectivity index (χ1n) is 7.55. The summed E-state index contributed by atoms with van der Waals surface area (Å²) in [6.45, 7) is 6.27. The molecule has 3 N–H and O–H groups in total. The first kappa shape index (κ1) is 17.8. The number of amides is 1. The predicted octanol–water partition coefficient (Wildman–Crippen LogP) is 3.87. The highest BCUT2D eigenvalue weighted by Gasteiger charge is 2.10. The fourth-order valence-corrected chi connectivity index (χ4v) is 2.29. The standard InChI is InChI=1S/C12H17NO.C7H9N/c1-8(2)10-6-4-5-9(3)11(10)7-12(13)14;1-8-7-5-3-2-4-6-7/h4-6,8H,7H2,1-3H3,(H2,13,14);2-6,8H,1H3. The van der Waals surface area contributed by atoms with Crippen molar-refractivity contribution in [2.75, 3.05) is 12.4 Å². The molecule has 0 radical (unpaired) electrons. The van der Waals surface area contributed by atoms with Gasteiger partial charge in [0, 0.05) is 12.7 Å². The van der Waals surface area contributed by atoms with E-state index in [4.69, 9.17) is 5.73 Å². The Hall–Kier alpha value is -2.29. The van der Waals surface area contributed by atoms with Crippen molar-refractivity contribution in [2.24, 2.45) is 5.73 Å². The number of nitrogens with one attached hydrogen (secondary N) is 1. The fraction of sp³-hybridized carbons (Fsp3) is 0.316. The minimum absolute atomic E-state index is 0.263. The van der Waals surface area contributed by atoms with Crippen LogP contribution in [0.2, 0.25) is 0 Å². The number of carbonyl (C=O) groups excluding carboxylic acids is 1. The SMILES string of the molecule is CNc1ccccc1.Cc1cccc(C(C)C)c1CC(N)=O. The Morgan fingerprint density at radius 3 is 2.18 bits per heavy atom. The number of anilines is 1. The van der Waals surface area contributed by atoms with Crippen molar-refractivity contribution in [2.45, 2.75) is 33.1 Å². The number of carbonyl (C=O) groups is 1. The molecule has 1 amide bonds. The molecule has 118 valence electrons. The Balaban J connectivity index is 0.000000255. The molecule has 0 aromatic heterocycles. The summed E-state index contributed by atoms with van der Waals surface area (Å²) in [6.07, 6.45) is 0.347. The highest BCUT2D eigenvalue weighted by Crippen LogP contribution is 2.22. The molecule has 0 atom stereocenters. The Kier molecular flexibility index (Phi) is 7.17. The van der Waals surface area contributed by atoms with Crippen LogP contribution < -0.4 is 11.1 Å². The largest absolute Gasteiger partial charge is 0.388 e. The van der Waals surface area contributed by atoms with Crippen LogP contribution in [-0.2, 0) is 11.2 Å². The number of benzene rings is 2. The second-order valence-corrected chi connectivity index (χ2v) is 5.56. The second-order valence-electron chi connectivity index (χ2n) is 5.56. The van der Waals surface area contributed by atoms with E-state index in [0.717, 1.165) is 16.8 Å². The molecule has 3 heteroatoms. The molecule has 22 heavy (non-hydrogen) atoms. The molecule has 2 rings (SSSR count). The van der Waals surface area contributed by atoms with Crippen LogP contribution in [0.5, 0.6) is 0 Å². The maximum atomic E-state index is 10.9. The van der Waals surface area contributed by atoms with E-state index in [1.54, 1.807) is 0 Å². The summed E-state index contributed by atoms with van der Waals surface area (Å²) in [5, 5.41) is 3.03. The molecule has 0 heterocycles. The minimum atomic E-state index is -0.263. The molecule has 0 saturated heterocycles. The number of nitrogens with two attached hydrogens (primary N) is 1. The summed E-state index contributed by atoms with van der Waals surface area (Å²) >= 11 is 0. The number of rotatable bonds is 4. The van der Waals surface area contributed by atoms with Crippen molar-refractivity contribution in [3.05, 3.63) is 65.2 Å². The number of aryl methyl sites for hydroxylation is 1. The van der Waals surface area contributed by atoms with E-state index in [1.807, 2.05) is 56.4 Å². The van der Waals surface area contributed by atoms with Crippen molar-refractivity contribution in [1.29, 1.82) is 0 Å². The molecule has 0 saturated carbocycles. The number of hydrogen-bond acceptors (Lipinski definition) is 2. The first-order chi connectivity index (χ1) is 10.5. The lowest BCUT2D eigenvalue weighted by Gasteiger charge is -2.13. The molecule has 0 spiro atoms. The van der Waals surface area contributed by atoms with Crippen molar-refractivity contribution >= 4 is 11.6 Å². The lowest BCUT2D eigenvalue weighted by Crippen LogP contribution is -2.16. The van der Waals surface area contributed by atoms with Crippen LogP contribution >= 0.6 is 0 Å². The molecule has 2 aromatic rings. The number of hydrogen-bond donors (Lipinski definition) is 2. The van der Waals surface area contributed by atoms with Gasteiger partial charge in [0.2, 0.25) is 5.91 Å². The smallest absolute Gasteiger partial charge is 0.221 e. The van der Waals surface area contributed by atoms with E-state index in [2.05, 4.69) is 25.2 Å². The Morgan fingerprint density at radius 2 is 1.73 bits per heavy atom. The maximum Gasteiger partial charge on any atom is 0.221 e. The highest BCUT2D eigenvalue weighted by molar-refractivity contribution is 5.77. The zero-order valence-electron chi connectivity index (χ0n) is 13.9. The monoisotopic (exact) mass is 298 g/mol. The quantitative estimate of drug-likeness (QED) is 0.900. The van der Waals surface area contributed by atoms with Gasteiger partial charge in [-0.2, -0.15) is 0 Å². The highest BCUT2D eigenvalue weighted by atomic mass is 16.1. The third kappa shape index (κ3) is 5.60. The second kappa shape index (κ2) is 8.88. The molecular formula is C19H26N2O. The van der Waals surface area contributed by atoms with Crippen molar-refractivity contribution in [1.82, 2.24) is 0 Å². The summed E-state index contributed by atoms with van der Waals surface area (Å²) in [6, 6.07) is 16.2. The molecule has 0 aliphatic carbocycles. The molecule has 0 aliphatic heterocycles. The fourth-order valence-electron chi connectivity index (χ4n) is 2.29. The molecule has 3 nitrogen and oxygen atoms in total. The van der Waals surface area contributed by atoms with E-state index >= 15 is 0 Å². The molecule has 2 aromatic carbocycles. The summed E-state index contributed by atoms with van der Waals surface area (Å²) < 4.78 is 0. The van der Waals surface area contributed by atoms with Gasteiger partial charge in [0.25, 0.3) is 0 Å². The summed E-state index contributed by atoms with van der Waals surface area (Å²) in [4.78, 5) is 10.9. The van der Waals surface area contributed by atoms with Crippen LogP contribution in [0.1, 0.15) is 36.5 Å². The van der Waals surface area contributed by atoms with Gasteiger partial charge in [0.1, 0.15) is 0 Å². The molecular weight excluding hydrogens is 272 g/mol. The van der Waals surface area contributed by atoms with Crippen LogP contribution in [-0.4, -0.2) is 13.0 Å². The van der Waals surface area contributed by atoms with Gasteiger partial charge < -0.3 is 11.1 Å². The minimum Gasteiger partial charge on any atom is -0.388 e. The Labute approximate surface area is 133 Å². The van der Waals surface area contributed by atoms with Crippen molar-refractivity contribution in [3.8, 4) is 0 Å². The number of primary amides is 1. The summed E-state index contributed by atoms with van der Waals surface area (Å²) in [5.41, 5.74) is 9.85. The first-order valence-corrected chi connectivity index (χ1v) is 7.55. The summed E-state index contributed by atoms with van der Waals surface area (Å²) in [5.74, 6) is 0.172. The van der Waals surface area contributed by atoms with Crippen molar-refractivity contribution < 1.29 is 4.79 Å². The van der Waals surface area contributed by atoms with E-state index in [-0.39, 0.29) is 5.91 Å². The van der Waals surface area contributed by atoms with E-state index in [1.165, 1.54) is 5.56 Å². The van der Waals surface area contributed by atoms with Crippen LogP contribution in [0, 0.1) is 6.92 Å². The maximum absolute atomic E-state index is 10.9. The third-order valence-electron chi connectivity index (χ3n) is 3.48. The lowest BCUT2D eigenvalue weighted by atomic mass is 9.92. The van der Waals surface area contributed by atoms with Gasteiger partial charge in [-0.3, -0.25) is 4.79 Å². The van der Waals surface area contributed by atoms with E-state index in [9.17, 15) is 4.79 Å². The van der Waals surface area contributed by atoms with Crippen LogP contribution in [0.15, 0.2) is 48.5 Å². The van der Waals surface area contributed by atoms with E-state index < -0.39 is 0 Å². The summed E-state index contributed by atoms with van der Waals surface area (Å²) in [7, 11) is 1.91. The Morgan fingerprint density at radius 1 is 1.09 bits per heavy atom. The normalized spacial score (nSPS) is 9.86. The van der Waals surface area contributed by atoms with Gasteiger partial charge in [-0.05, 0) is 41.7 Å². The van der Waals surface area contributed by atoms with Crippen LogP contribution in [0.3, 0.4) is 0 Å².